The van der Waals surface area contributed by atoms with E-state index >= 15 is 0 Å². The molecule has 0 radical (unpaired) electrons. The number of rotatable bonds is 4. The Labute approximate surface area is 141 Å². The number of fused-ring (bicyclic) bond motifs is 3. The van der Waals surface area contributed by atoms with Crippen molar-refractivity contribution in [3.63, 3.8) is 0 Å². The largest absolute Gasteiger partial charge is 0.496 e. The highest BCUT2D eigenvalue weighted by Crippen LogP contribution is 2.51. The molecule has 0 aliphatic heterocycles. The minimum atomic E-state index is -1.06. The maximum Gasteiger partial charge on any atom is 0.309 e. The SMILES string of the molecule is COc1cc2c(c3c1CCCC3)CC[C@](C)(C(=O)O)[C@H]2CC(=O)O. The second kappa shape index (κ2) is 6.11. The third kappa shape index (κ3) is 2.56. The van der Waals surface area contributed by atoms with E-state index in [-0.39, 0.29) is 6.42 Å². The Morgan fingerprint density at radius 3 is 2.42 bits per heavy atom. The normalized spacial score (nSPS) is 25.5. The number of benzene rings is 1. The maximum absolute atomic E-state index is 11.9. The van der Waals surface area contributed by atoms with Gasteiger partial charge >= 0.3 is 11.9 Å². The number of aliphatic carboxylic acids is 2. The lowest BCUT2D eigenvalue weighted by Gasteiger charge is -2.41. The number of carboxylic acids is 2. The average Bonchev–Trinajstić information content (AvgIpc) is 2.56. The lowest BCUT2D eigenvalue weighted by atomic mass is 9.62. The topological polar surface area (TPSA) is 83.8 Å². The van der Waals surface area contributed by atoms with Gasteiger partial charge in [-0.05, 0) is 73.8 Å². The van der Waals surface area contributed by atoms with E-state index in [1.165, 1.54) is 16.7 Å². The lowest BCUT2D eigenvalue weighted by Crippen LogP contribution is -2.40. The fourth-order valence-electron chi connectivity index (χ4n) is 4.46. The van der Waals surface area contributed by atoms with Crippen molar-refractivity contribution in [2.45, 2.75) is 57.8 Å². The summed E-state index contributed by atoms with van der Waals surface area (Å²) in [5.74, 6) is -1.63. The third-order valence-electron chi connectivity index (χ3n) is 5.89. The summed E-state index contributed by atoms with van der Waals surface area (Å²) >= 11 is 0. The summed E-state index contributed by atoms with van der Waals surface area (Å²) < 4.78 is 5.57. The molecule has 0 saturated carbocycles. The van der Waals surface area contributed by atoms with Crippen molar-refractivity contribution in [2.75, 3.05) is 7.11 Å². The van der Waals surface area contributed by atoms with Crippen molar-refractivity contribution < 1.29 is 24.5 Å². The van der Waals surface area contributed by atoms with Gasteiger partial charge in [0, 0.05) is 5.92 Å². The standard InChI is InChI=1S/C19H24O5/c1-19(18(22)23)8-7-12-11-5-3-4-6-13(11)16(24-2)9-14(12)15(19)10-17(20)21/h9,15H,3-8,10H2,1-2H3,(H,20,21)(H,22,23)/t15-,19-/m0/s1. The third-order valence-corrected chi connectivity index (χ3v) is 5.89. The van der Waals surface area contributed by atoms with Crippen LogP contribution in [-0.4, -0.2) is 29.3 Å². The first-order valence-electron chi connectivity index (χ1n) is 8.55. The van der Waals surface area contributed by atoms with Gasteiger partial charge in [-0.1, -0.05) is 0 Å². The van der Waals surface area contributed by atoms with E-state index in [0.717, 1.165) is 37.0 Å². The Hall–Kier alpha value is -2.04. The highest BCUT2D eigenvalue weighted by molar-refractivity contribution is 5.79. The predicted octanol–water partition coefficient (Wildman–Crippen LogP) is 3.17. The van der Waals surface area contributed by atoms with Crippen LogP contribution in [0, 0.1) is 5.41 Å². The zero-order chi connectivity index (χ0) is 17.5. The number of hydrogen-bond acceptors (Lipinski definition) is 3. The molecule has 0 unspecified atom stereocenters. The van der Waals surface area contributed by atoms with E-state index in [2.05, 4.69) is 0 Å². The van der Waals surface area contributed by atoms with E-state index in [1.54, 1.807) is 14.0 Å². The van der Waals surface area contributed by atoms with Gasteiger partial charge in [0.05, 0.1) is 18.9 Å². The van der Waals surface area contributed by atoms with E-state index in [4.69, 9.17) is 4.74 Å². The number of carbonyl (C=O) groups is 2. The minimum Gasteiger partial charge on any atom is -0.496 e. The quantitative estimate of drug-likeness (QED) is 0.885. The van der Waals surface area contributed by atoms with Crippen molar-refractivity contribution in [3.8, 4) is 5.75 Å². The van der Waals surface area contributed by atoms with Gasteiger partial charge in [0.15, 0.2) is 0 Å². The van der Waals surface area contributed by atoms with E-state index in [1.807, 2.05) is 6.07 Å². The highest BCUT2D eigenvalue weighted by atomic mass is 16.5. The summed E-state index contributed by atoms with van der Waals surface area (Å²) in [5.41, 5.74) is 3.50. The number of methoxy groups -OCH3 is 1. The lowest BCUT2D eigenvalue weighted by molar-refractivity contribution is -0.151. The number of hydrogen-bond donors (Lipinski definition) is 2. The van der Waals surface area contributed by atoms with Crippen molar-refractivity contribution >= 4 is 11.9 Å². The zero-order valence-electron chi connectivity index (χ0n) is 14.2. The molecule has 2 aliphatic rings. The summed E-state index contributed by atoms with van der Waals surface area (Å²) in [5, 5.41) is 19.1. The van der Waals surface area contributed by atoms with E-state index < -0.39 is 23.3 Å². The van der Waals surface area contributed by atoms with E-state index in [0.29, 0.717) is 12.8 Å². The summed E-state index contributed by atoms with van der Waals surface area (Å²) in [6, 6.07) is 1.91. The predicted molar refractivity (Wildman–Crippen MR) is 88.7 cm³/mol. The van der Waals surface area contributed by atoms with Crippen LogP contribution in [0.5, 0.6) is 5.75 Å². The van der Waals surface area contributed by atoms with Gasteiger partial charge in [0.1, 0.15) is 5.75 Å². The van der Waals surface area contributed by atoms with Crippen LogP contribution in [0.25, 0.3) is 0 Å². The smallest absolute Gasteiger partial charge is 0.309 e. The van der Waals surface area contributed by atoms with Gasteiger partial charge in [-0.15, -0.1) is 0 Å². The summed E-state index contributed by atoms with van der Waals surface area (Å²) in [7, 11) is 1.63. The van der Waals surface area contributed by atoms with Gasteiger partial charge < -0.3 is 14.9 Å². The Morgan fingerprint density at radius 1 is 1.17 bits per heavy atom. The molecular weight excluding hydrogens is 308 g/mol. The first-order valence-corrected chi connectivity index (χ1v) is 8.55. The van der Waals surface area contributed by atoms with Crippen LogP contribution in [0.4, 0.5) is 0 Å². The second-order valence-electron chi connectivity index (χ2n) is 7.18. The van der Waals surface area contributed by atoms with E-state index in [9.17, 15) is 19.8 Å². The van der Waals surface area contributed by atoms with Crippen molar-refractivity contribution in [1.29, 1.82) is 0 Å². The molecule has 5 nitrogen and oxygen atoms in total. The molecule has 1 aromatic carbocycles. The van der Waals surface area contributed by atoms with Crippen LogP contribution in [0.2, 0.25) is 0 Å². The van der Waals surface area contributed by atoms with Gasteiger partial charge in [-0.25, -0.2) is 0 Å². The van der Waals surface area contributed by atoms with Crippen molar-refractivity contribution in [2.24, 2.45) is 5.41 Å². The fourth-order valence-corrected chi connectivity index (χ4v) is 4.46. The van der Waals surface area contributed by atoms with Crippen molar-refractivity contribution in [3.05, 3.63) is 28.3 Å². The molecule has 0 spiro atoms. The van der Waals surface area contributed by atoms with Gasteiger partial charge in [-0.3, -0.25) is 9.59 Å². The zero-order valence-corrected chi connectivity index (χ0v) is 14.2. The molecule has 0 aromatic heterocycles. The molecular formula is C19H24O5. The van der Waals surface area contributed by atoms with Gasteiger partial charge in [0.25, 0.3) is 0 Å². The summed E-state index contributed by atoms with van der Waals surface area (Å²) in [4.78, 5) is 23.3. The molecule has 2 atom stereocenters. The Kier molecular flexibility index (Phi) is 4.28. The molecule has 2 N–H and O–H groups in total. The maximum atomic E-state index is 11.9. The van der Waals surface area contributed by atoms with Crippen LogP contribution in [-0.2, 0) is 28.9 Å². The van der Waals surface area contributed by atoms with Crippen LogP contribution in [0.15, 0.2) is 6.07 Å². The second-order valence-corrected chi connectivity index (χ2v) is 7.18. The number of ether oxygens (including phenoxy) is 1. The Morgan fingerprint density at radius 2 is 1.83 bits per heavy atom. The molecule has 0 fully saturated rings. The molecule has 130 valence electrons. The van der Waals surface area contributed by atoms with Crippen molar-refractivity contribution in [1.82, 2.24) is 0 Å². The molecule has 0 amide bonds. The molecule has 0 saturated heterocycles. The molecule has 1 aromatic rings. The average molecular weight is 332 g/mol. The molecule has 0 heterocycles. The molecule has 24 heavy (non-hydrogen) atoms. The summed E-state index contributed by atoms with van der Waals surface area (Å²) in [6.45, 7) is 1.68. The first kappa shape index (κ1) is 16.8. The Balaban J connectivity index is 2.20. The van der Waals surface area contributed by atoms with Crippen LogP contribution in [0.1, 0.15) is 60.8 Å². The molecule has 3 rings (SSSR count). The fraction of sp³-hybridized carbons (Fsp3) is 0.579. The molecule has 2 aliphatic carbocycles. The van der Waals surface area contributed by atoms with Gasteiger partial charge in [-0.2, -0.15) is 0 Å². The molecule has 0 bridgehead atoms. The first-order chi connectivity index (χ1) is 11.4. The monoisotopic (exact) mass is 332 g/mol. The minimum absolute atomic E-state index is 0.169. The molecule has 5 heteroatoms. The Bertz CT molecular complexity index is 693. The van der Waals surface area contributed by atoms with Gasteiger partial charge in [0.2, 0.25) is 0 Å². The number of carboxylic acid groups (broad SMARTS) is 2. The van der Waals surface area contributed by atoms with Crippen LogP contribution in [0.3, 0.4) is 0 Å². The highest BCUT2D eigenvalue weighted by Gasteiger charge is 2.47. The van der Waals surface area contributed by atoms with Crippen LogP contribution < -0.4 is 4.74 Å². The summed E-state index contributed by atoms with van der Waals surface area (Å²) in [6.07, 6.45) is 5.20. The van der Waals surface area contributed by atoms with Crippen LogP contribution >= 0.6 is 0 Å².